The van der Waals surface area contributed by atoms with Crippen LogP contribution in [0.1, 0.15) is 12.8 Å². The van der Waals surface area contributed by atoms with Gasteiger partial charge in [-0.05, 0) is 6.42 Å². The molecule has 1 heterocycles. The molecule has 0 radical (unpaired) electrons. The van der Waals surface area contributed by atoms with E-state index in [1.54, 1.807) is 0 Å². The highest BCUT2D eigenvalue weighted by atomic mass is 16.1. The molecule has 1 aromatic heterocycles. The number of hydrogen-bond donors (Lipinski definition) is 3. The van der Waals surface area contributed by atoms with Crippen LogP contribution in [0.3, 0.4) is 0 Å². The van der Waals surface area contributed by atoms with Gasteiger partial charge in [-0.25, -0.2) is 9.97 Å². The van der Waals surface area contributed by atoms with Crippen molar-refractivity contribution >= 4 is 17.5 Å². The molecule has 0 atom stereocenters. The Bertz CT molecular complexity index is 297. The minimum atomic E-state index is -0.301. The first-order chi connectivity index (χ1) is 6.68. The Morgan fingerprint density at radius 2 is 2.07 bits per heavy atom. The van der Waals surface area contributed by atoms with Crippen LogP contribution in [0, 0.1) is 0 Å². The smallest absolute Gasteiger partial charge is 0.222 e. The lowest BCUT2D eigenvalue weighted by atomic mass is 10.3. The standard InChI is InChI=1S/C8H13N5O/c9-6-4-12-8(13-5-6)11-3-1-2-7(10)14/h4-5H,1-3,9H2,(H2,10,14)(H,11,12,13). The minimum absolute atomic E-state index is 0.301. The Balaban J connectivity index is 2.25. The summed E-state index contributed by atoms with van der Waals surface area (Å²) in [7, 11) is 0. The maximum absolute atomic E-state index is 10.4. The molecule has 0 unspecified atom stereocenters. The van der Waals surface area contributed by atoms with Crippen molar-refractivity contribution in [1.29, 1.82) is 0 Å². The zero-order valence-corrected chi connectivity index (χ0v) is 7.73. The van der Waals surface area contributed by atoms with Crippen molar-refractivity contribution in [3.05, 3.63) is 12.4 Å². The predicted octanol–water partition coefficient (Wildman–Crippen LogP) is -0.264. The van der Waals surface area contributed by atoms with Crippen molar-refractivity contribution in [2.24, 2.45) is 5.73 Å². The molecule has 0 saturated heterocycles. The van der Waals surface area contributed by atoms with Crippen LogP contribution in [0.2, 0.25) is 0 Å². The number of rotatable bonds is 5. The van der Waals surface area contributed by atoms with Gasteiger partial charge in [0, 0.05) is 13.0 Å². The van der Waals surface area contributed by atoms with Crippen LogP contribution >= 0.6 is 0 Å². The van der Waals surface area contributed by atoms with Gasteiger partial charge in [0.2, 0.25) is 11.9 Å². The average molecular weight is 195 g/mol. The van der Waals surface area contributed by atoms with Crippen molar-refractivity contribution in [2.75, 3.05) is 17.6 Å². The number of nitrogens with one attached hydrogen (secondary N) is 1. The molecule has 0 saturated carbocycles. The lowest BCUT2D eigenvalue weighted by molar-refractivity contribution is -0.118. The average Bonchev–Trinajstić information content (AvgIpc) is 2.15. The molecule has 1 aromatic rings. The second-order valence-electron chi connectivity index (χ2n) is 2.84. The third-order valence-corrected chi connectivity index (χ3v) is 1.55. The number of hydrogen-bond acceptors (Lipinski definition) is 5. The largest absolute Gasteiger partial charge is 0.396 e. The van der Waals surface area contributed by atoms with Gasteiger partial charge in [-0.15, -0.1) is 0 Å². The molecule has 5 N–H and O–H groups in total. The van der Waals surface area contributed by atoms with Crippen molar-refractivity contribution < 1.29 is 4.79 Å². The third-order valence-electron chi connectivity index (χ3n) is 1.55. The molecule has 0 spiro atoms. The van der Waals surface area contributed by atoms with E-state index in [9.17, 15) is 4.79 Å². The Morgan fingerprint density at radius 1 is 1.43 bits per heavy atom. The Labute approximate surface area is 81.7 Å². The third kappa shape index (κ3) is 3.70. The van der Waals surface area contributed by atoms with E-state index in [0.29, 0.717) is 31.0 Å². The molecule has 1 amide bonds. The molecule has 76 valence electrons. The number of carbonyl (C=O) groups is 1. The van der Waals surface area contributed by atoms with Gasteiger partial charge in [-0.1, -0.05) is 0 Å². The summed E-state index contributed by atoms with van der Waals surface area (Å²) in [6.45, 7) is 0.618. The number of nitrogen functional groups attached to an aromatic ring is 1. The number of aromatic nitrogens is 2. The van der Waals surface area contributed by atoms with E-state index in [-0.39, 0.29) is 5.91 Å². The summed E-state index contributed by atoms with van der Waals surface area (Å²) in [5.74, 6) is 0.202. The van der Waals surface area contributed by atoms with Crippen molar-refractivity contribution in [2.45, 2.75) is 12.8 Å². The predicted molar refractivity (Wildman–Crippen MR) is 53.4 cm³/mol. The van der Waals surface area contributed by atoms with Crippen molar-refractivity contribution in [1.82, 2.24) is 9.97 Å². The Hall–Kier alpha value is -1.85. The normalized spacial score (nSPS) is 9.71. The van der Waals surface area contributed by atoms with E-state index < -0.39 is 0 Å². The SMILES string of the molecule is NC(=O)CCCNc1ncc(N)cn1. The summed E-state index contributed by atoms with van der Waals surface area (Å²) in [4.78, 5) is 18.3. The van der Waals surface area contributed by atoms with Crippen LogP contribution in [-0.4, -0.2) is 22.4 Å². The lowest BCUT2D eigenvalue weighted by Crippen LogP contribution is -2.13. The molecule has 0 aromatic carbocycles. The number of anilines is 2. The maximum atomic E-state index is 10.4. The van der Waals surface area contributed by atoms with Crippen LogP contribution in [0.25, 0.3) is 0 Å². The molecule has 0 aliphatic rings. The van der Waals surface area contributed by atoms with Crippen LogP contribution in [0.4, 0.5) is 11.6 Å². The molecule has 6 nitrogen and oxygen atoms in total. The van der Waals surface area contributed by atoms with Gasteiger partial charge in [0.25, 0.3) is 0 Å². The molecule has 0 aliphatic heterocycles. The highest BCUT2D eigenvalue weighted by Crippen LogP contribution is 2.00. The zero-order chi connectivity index (χ0) is 10.4. The fourth-order valence-electron chi connectivity index (χ4n) is 0.892. The highest BCUT2D eigenvalue weighted by molar-refractivity contribution is 5.73. The number of nitrogens with zero attached hydrogens (tertiary/aromatic N) is 2. The minimum Gasteiger partial charge on any atom is -0.396 e. The van der Waals surface area contributed by atoms with Gasteiger partial charge in [0.1, 0.15) is 0 Å². The van der Waals surface area contributed by atoms with Gasteiger partial charge in [0.15, 0.2) is 0 Å². The highest BCUT2D eigenvalue weighted by Gasteiger charge is 1.96. The second-order valence-corrected chi connectivity index (χ2v) is 2.84. The summed E-state index contributed by atoms with van der Waals surface area (Å²) in [5, 5.41) is 2.94. The van der Waals surface area contributed by atoms with Gasteiger partial charge in [-0.2, -0.15) is 0 Å². The van der Waals surface area contributed by atoms with E-state index >= 15 is 0 Å². The monoisotopic (exact) mass is 195 g/mol. The van der Waals surface area contributed by atoms with E-state index in [4.69, 9.17) is 11.5 Å². The molecule has 0 bridgehead atoms. The summed E-state index contributed by atoms with van der Waals surface area (Å²) < 4.78 is 0. The van der Waals surface area contributed by atoms with Crippen LogP contribution in [0.15, 0.2) is 12.4 Å². The van der Waals surface area contributed by atoms with Crippen LogP contribution in [0.5, 0.6) is 0 Å². The molecule has 14 heavy (non-hydrogen) atoms. The molecule has 0 fully saturated rings. The topological polar surface area (TPSA) is 107 Å². The number of nitrogens with two attached hydrogens (primary N) is 2. The summed E-state index contributed by atoms with van der Waals surface area (Å²) in [5.41, 5.74) is 10.9. The first-order valence-corrected chi connectivity index (χ1v) is 4.28. The number of amides is 1. The fraction of sp³-hybridized carbons (Fsp3) is 0.375. The van der Waals surface area contributed by atoms with Crippen LogP contribution < -0.4 is 16.8 Å². The van der Waals surface area contributed by atoms with E-state index in [2.05, 4.69) is 15.3 Å². The van der Waals surface area contributed by atoms with Crippen molar-refractivity contribution in [3.8, 4) is 0 Å². The summed E-state index contributed by atoms with van der Waals surface area (Å²) in [6.07, 6.45) is 4.07. The van der Waals surface area contributed by atoms with Gasteiger partial charge in [-0.3, -0.25) is 4.79 Å². The second kappa shape index (κ2) is 5.00. The maximum Gasteiger partial charge on any atom is 0.222 e. The fourth-order valence-corrected chi connectivity index (χ4v) is 0.892. The number of carbonyl (C=O) groups excluding carboxylic acids is 1. The quantitative estimate of drug-likeness (QED) is 0.561. The first-order valence-electron chi connectivity index (χ1n) is 4.28. The number of primary amides is 1. The van der Waals surface area contributed by atoms with Gasteiger partial charge < -0.3 is 16.8 Å². The Morgan fingerprint density at radius 3 is 2.64 bits per heavy atom. The molecular formula is C8H13N5O. The molecule has 1 rings (SSSR count). The molecule has 6 heteroatoms. The lowest BCUT2D eigenvalue weighted by Gasteiger charge is -2.02. The van der Waals surface area contributed by atoms with E-state index in [0.717, 1.165) is 0 Å². The zero-order valence-electron chi connectivity index (χ0n) is 7.73. The van der Waals surface area contributed by atoms with E-state index in [1.807, 2.05) is 0 Å². The first kappa shape index (κ1) is 10.2. The van der Waals surface area contributed by atoms with Crippen LogP contribution in [-0.2, 0) is 4.79 Å². The Kier molecular flexibility index (Phi) is 3.66. The molecule has 0 aliphatic carbocycles. The van der Waals surface area contributed by atoms with Crippen molar-refractivity contribution in [3.63, 3.8) is 0 Å². The van der Waals surface area contributed by atoms with Gasteiger partial charge in [0.05, 0.1) is 18.1 Å². The summed E-state index contributed by atoms with van der Waals surface area (Å²) >= 11 is 0. The summed E-state index contributed by atoms with van der Waals surface area (Å²) in [6, 6.07) is 0. The van der Waals surface area contributed by atoms with Gasteiger partial charge >= 0.3 is 0 Å². The van der Waals surface area contributed by atoms with E-state index in [1.165, 1.54) is 12.4 Å². The molecular weight excluding hydrogens is 182 g/mol.